The van der Waals surface area contributed by atoms with Gasteiger partial charge in [-0.25, -0.2) is 0 Å². The molecule has 1 aliphatic rings. The molecule has 0 bridgehead atoms. The van der Waals surface area contributed by atoms with Crippen molar-refractivity contribution in [1.82, 2.24) is 0 Å². The number of allylic oxidation sites excluding steroid dienone is 5. The van der Waals surface area contributed by atoms with Crippen LogP contribution in [0.3, 0.4) is 0 Å². The summed E-state index contributed by atoms with van der Waals surface area (Å²) in [6.45, 7) is 2.03. The standard InChI is InChI=1S/C15H15NO/c1-11-12(7-5-9-15(11)17-2)10-13-6-3-4-8-14(13)16/h3-10,16H,1-2H3/b13-10-,16-14?. The van der Waals surface area contributed by atoms with Crippen LogP contribution < -0.4 is 4.74 Å². The van der Waals surface area contributed by atoms with E-state index in [0.717, 1.165) is 22.4 Å². The lowest BCUT2D eigenvalue weighted by molar-refractivity contribution is 0.411. The molecule has 0 saturated carbocycles. The normalized spacial score (nSPS) is 16.6. The second kappa shape index (κ2) is 4.83. The third-order valence-corrected chi connectivity index (χ3v) is 2.82. The maximum atomic E-state index is 7.83. The average molecular weight is 225 g/mol. The Kier molecular flexibility index (Phi) is 3.24. The summed E-state index contributed by atoms with van der Waals surface area (Å²) in [5, 5.41) is 7.83. The van der Waals surface area contributed by atoms with E-state index in [4.69, 9.17) is 10.1 Å². The van der Waals surface area contributed by atoms with Gasteiger partial charge in [-0.3, -0.25) is 0 Å². The molecule has 1 aromatic carbocycles. The Balaban J connectivity index is 2.42. The van der Waals surface area contributed by atoms with Gasteiger partial charge in [0.1, 0.15) is 5.75 Å². The lowest BCUT2D eigenvalue weighted by Crippen LogP contribution is -1.98. The van der Waals surface area contributed by atoms with E-state index >= 15 is 0 Å². The molecule has 2 heteroatoms. The SMILES string of the molecule is COc1cccc(/C=C2/C=CC=CC2=N)c1C. The Morgan fingerprint density at radius 2 is 1.94 bits per heavy atom. The molecular weight excluding hydrogens is 210 g/mol. The van der Waals surface area contributed by atoms with Crippen molar-refractivity contribution in [3.8, 4) is 5.75 Å². The third-order valence-electron chi connectivity index (χ3n) is 2.82. The number of methoxy groups -OCH3 is 1. The highest BCUT2D eigenvalue weighted by molar-refractivity contribution is 6.12. The first-order valence-electron chi connectivity index (χ1n) is 5.51. The van der Waals surface area contributed by atoms with Crippen LogP contribution in [0.4, 0.5) is 0 Å². The molecule has 0 fully saturated rings. The van der Waals surface area contributed by atoms with E-state index in [-0.39, 0.29) is 0 Å². The van der Waals surface area contributed by atoms with Crippen LogP contribution in [-0.4, -0.2) is 12.8 Å². The molecule has 1 aromatic rings. The molecule has 1 N–H and O–H groups in total. The Bertz CT molecular complexity index is 536. The predicted molar refractivity (Wildman–Crippen MR) is 71.7 cm³/mol. The summed E-state index contributed by atoms with van der Waals surface area (Å²) in [5.74, 6) is 0.876. The molecule has 17 heavy (non-hydrogen) atoms. The molecule has 1 aliphatic carbocycles. The molecule has 0 saturated heterocycles. The van der Waals surface area contributed by atoms with Crippen LogP contribution in [0, 0.1) is 12.3 Å². The number of nitrogens with one attached hydrogen (secondary N) is 1. The number of benzene rings is 1. The smallest absolute Gasteiger partial charge is 0.122 e. The van der Waals surface area contributed by atoms with E-state index in [1.807, 2.05) is 49.4 Å². The first-order valence-corrected chi connectivity index (χ1v) is 5.51. The van der Waals surface area contributed by atoms with E-state index in [0.29, 0.717) is 5.71 Å². The molecule has 0 aromatic heterocycles. The summed E-state index contributed by atoms with van der Waals surface area (Å²) >= 11 is 0. The molecule has 0 radical (unpaired) electrons. The van der Waals surface area contributed by atoms with Crippen molar-refractivity contribution in [2.45, 2.75) is 6.92 Å². The van der Waals surface area contributed by atoms with Crippen LogP contribution in [-0.2, 0) is 0 Å². The van der Waals surface area contributed by atoms with Gasteiger partial charge in [-0.05, 0) is 41.8 Å². The third kappa shape index (κ3) is 2.36. The Morgan fingerprint density at radius 1 is 1.18 bits per heavy atom. The van der Waals surface area contributed by atoms with Gasteiger partial charge in [0.2, 0.25) is 0 Å². The van der Waals surface area contributed by atoms with Crippen molar-refractivity contribution in [2.75, 3.05) is 7.11 Å². The molecule has 0 heterocycles. The van der Waals surface area contributed by atoms with Crippen LogP contribution >= 0.6 is 0 Å². The summed E-state index contributed by atoms with van der Waals surface area (Å²) < 4.78 is 5.29. The second-order valence-corrected chi connectivity index (χ2v) is 3.91. The molecule has 2 nitrogen and oxygen atoms in total. The monoisotopic (exact) mass is 225 g/mol. The van der Waals surface area contributed by atoms with Crippen molar-refractivity contribution in [1.29, 1.82) is 5.41 Å². The van der Waals surface area contributed by atoms with Crippen LogP contribution in [0.2, 0.25) is 0 Å². The van der Waals surface area contributed by atoms with Crippen molar-refractivity contribution in [2.24, 2.45) is 0 Å². The molecular formula is C15H15NO. The van der Waals surface area contributed by atoms with Crippen molar-refractivity contribution < 1.29 is 4.74 Å². The maximum Gasteiger partial charge on any atom is 0.122 e. The van der Waals surface area contributed by atoms with Gasteiger partial charge in [0.05, 0.1) is 12.8 Å². The zero-order chi connectivity index (χ0) is 12.3. The topological polar surface area (TPSA) is 33.1 Å². The summed E-state index contributed by atoms with van der Waals surface area (Å²) in [5.41, 5.74) is 3.64. The van der Waals surface area contributed by atoms with Crippen molar-refractivity contribution >= 4 is 11.8 Å². The zero-order valence-corrected chi connectivity index (χ0v) is 10.0. The molecule has 86 valence electrons. The fraction of sp³-hybridized carbons (Fsp3) is 0.133. The van der Waals surface area contributed by atoms with Gasteiger partial charge in [-0.15, -0.1) is 0 Å². The number of hydrogen-bond acceptors (Lipinski definition) is 2. The van der Waals surface area contributed by atoms with Crippen molar-refractivity contribution in [3.05, 3.63) is 59.2 Å². The summed E-state index contributed by atoms with van der Waals surface area (Å²) in [4.78, 5) is 0. The zero-order valence-electron chi connectivity index (χ0n) is 10.0. The summed E-state index contributed by atoms with van der Waals surface area (Å²) in [7, 11) is 1.67. The minimum Gasteiger partial charge on any atom is -0.496 e. The van der Waals surface area contributed by atoms with Gasteiger partial charge in [0, 0.05) is 0 Å². The maximum absolute atomic E-state index is 7.83. The first kappa shape index (κ1) is 11.4. The Morgan fingerprint density at radius 3 is 2.65 bits per heavy atom. The van der Waals surface area contributed by atoms with Gasteiger partial charge in [-0.1, -0.05) is 30.4 Å². The van der Waals surface area contributed by atoms with E-state index in [1.165, 1.54) is 0 Å². The van der Waals surface area contributed by atoms with Crippen molar-refractivity contribution in [3.63, 3.8) is 0 Å². The minimum absolute atomic E-state index is 0.537. The van der Waals surface area contributed by atoms with Crippen LogP contribution in [0.25, 0.3) is 6.08 Å². The van der Waals surface area contributed by atoms with E-state index < -0.39 is 0 Å². The molecule has 0 aliphatic heterocycles. The quantitative estimate of drug-likeness (QED) is 0.820. The average Bonchev–Trinajstić information content (AvgIpc) is 2.34. The number of ether oxygens (including phenoxy) is 1. The van der Waals surface area contributed by atoms with Crippen LogP contribution in [0.5, 0.6) is 5.75 Å². The molecule has 0 amide bonds. The summed E-state index contributed by atoms with van der Waals surface area (Å²) in [6, 6.07) is 5.94. The minimum atomic E-state index is 0.537. The van der Waals surface area contributed by atoms with Crippen LogP contribution in [0.1, 0.15) is 11.1 Å². The Hall–Kier alpha value is -2.09. The second-order valence-electron chi connectivity index (χ2n) is 3.91. The summed E-state index contributed by atoms with van der Waals surface area (Å²) in [6.07, 6.45) is 9.57. The van der Waals surface area contributed by atoms with Gasteiger partial charge < -0.3 is 10.1 Å². The fourth-order valence-corrected chi connectivity index (χ4v) is 1.80. The number of hydrogen-bond donors (Lipinski definition) is 1. The van der Waals surface area contributed by atoms with E-state index in [9.17, 15) is 0 Å². The van der Waals surface area contributed by atoms with E-state index in [1.54, 1.807) is 13.2 Å². The molecule has 0 unspecified atom stereocenters. The first-order chi connectivity index (χ1) is 8.22. The van der Waals surface area contributed by atoms with Gasteiger partial charge in [0.25, 0.3) is 0 Å². The largest absolute Gasteiger partial charge is 0.496 e. The highest BCUT2D eigenvalue weighted by Gasteiger charge is 2.05. The van der Waals surface area contributed by atoms with Gasteiger partial charge in [-0.2, -0.15) is 0 Å². The molecule has 2 rings (SSSR count). The van der Waals surface area contributed by atoms with Gasteiger partial charge in [0.15, 0.2) is 0 Å². The highest BCUT2D eigenvalue weighted by atomic mass is 16.5. The fourth-order valence-electron chi connectivity index (χ4n) is 1.80. The lowest BCUT2D eigenvalue weighted by atomic mass is 10.00. The van der Waals surface area contributed by atoms with Crippen LogP contribution in [0.15, 0.2) is 48.1 Å². The highest BCUT2D eigenvalue weighted by Crippen LogP contribution is 2.23. The lowest BCUT2D eigenvalue weighted by Gasteiger charge is -2.09. The number of rotatable bonds is 2. The molecule has 0 spiro atoms. The van der Waals surface area contributed by atoms with E-state index in [2.05, 4.69) is 0 Å². The molecule has 0 atom stereocenters. The Labute approximate surface area is 101 Å². The van der Waals surface area contributed by atoms with Gasteiger partial charge >= 0.3 is 0 Å². The predicted octanol–water partition coefficient (Wildman–Crippen LogP) is 3.53.